The summed E-state index contributed by atoms with van der Waals surface area (Å²) in [4.78, 5) is 12.4. The van der Waals surface area contributed by atoms with Crippen LogP contribution in [0, 0.1) is 0 Å². The van der Waals surface area contributed by atoms with Gasteiger partial charge in [-0.1, -0.05) is 12.5 Å². The van der Waals surface area contributed by atoms with Crippen LogP contribution in [0.1, 0.15) is 48.4 Å². The van der Waals surface area contributed by atoms with E-state index in [0.29, 0.717) is 22.6 Å². The fourth-order valence-corrected chi connectivity index (χ4v) is 5.14. The molecule has 1 aliphatic carbocycles. The maximum atomic E-state index is 12.7. The van der Waals surface area contributed by atoms with Crippen LogP contribution >= 0.6 is 11.3 Å². The topological polar surface area (TPSA) is 111 Å². The number of benzene rings is 1. The number of carbonyl (C=O) groups excluding carboxylic acids is 1. The number of ether oxygens (including phenoxy) is 1. The molecule has 2 aromatic heterocycles. The second kappa shape index (κ2) is 7.96. The van der Waals surface area contributed by atoms with Gasteiger partial charge in [-0.2, -0.15) is 0 Å². The van der Waals surface area contributed by atoms with E-state index in [-0.39, 0.29) is 22.1 Å². The summed E-state index contributed by atoms with van der Waals surface area (Å²) in [5, 5.41) is 8.12. The Hall–Kier alpha value is -2.72. The van der Waals surface area contributed by atoms with Gasteiger partial charge >= 0.3 is 5.97 Å². The molecule has 0 unspecified atom stereocenters. The number of hydrogen-bond donors (Lipinski definition) is 1. The van der Waals surface area contributed by atoms with Crippen LogP contribution in [-0.4, -0.2) is 31.2 Å². The molecule has 0 aliphatic heterocycles. The largest absolute Gasteiger partial charge is 0.462 e. The van der Waals surface area contributed by atoms with Gasteiger partial charge in [-0.15, -0.1) is 21.5 Å². The van der Waals surface area contributed by atoms with Crippen LogP contribution in [0.25, 0.3) is 10.8 Å². The lowest BCUT2D eigenvalue weighted by Crippen LogP contribution is -2.12. The summed E-state index contributed by atoms with van der Waals surface area (Å²) in [6.07, 6.45) is 3.24. The van der Waals surface area contributed by atoms with Crippen LogP contribution in [0.15, 0.2) is 45.0 Å². The minimum absolute atomic E-state index is 0.109. The van der Waals surface area contributed by atoms with E-state index in [1.165, 1.54) is 12.1 Å². The lowest BCUT2D eigenvalue weighted by atomic mass is 9.85. The molecule has 152 valence electrons. The number of aromatic nitrogens is 2. The molecular weight excluding hydrogens is 414 g/mol. The monoisotopic (exact) mass is 433 g/mol. The van der Waals surface area contributed by atoms with Crippen molar-refractivity contribution in [2.75, 3.05) is 11.3 Å². The minimum Gasteiger partial charge on any atom is -0.462 e. The van der Waals surface area contributed by atoms with Crippen LogP contribution in [0.4, 0.5) is 5.69 Å². The predicted molar refractivity (Wildman–Crippen MR) is 107 cm³/mol. The first kappa shape index (κ1) is 19.6. The summed E-state index contributed by atoms with van der Waals surface area (Å²) in [6, 6.07) is 9.29. The molecule has 29 heavy (non-hydrogen) atoms. The quantitative estimate of drug-likeness (QED) is 0.560. The van der Waals surface area contributed by atoms with Crippen molar-refractivity contribution in [3.05, 3.63) is 47.9 Å². The van der Waals surface area contributed by atoms with E-state index in [0.717, 1.165) is 30.6 Å². The van der Waals surface area contributed by atoms with Crippen molar-refractivity contribution in [2.45, 2.75) is 36.3 Å². The van der Waals surface area contributed by atoms with Crippen molar-refractivity contribution in [3.63, 3.8) is 0 Å². The van der Waals surface area contributed by atoms with Crippen molar-refractivity contribution < 1.29 is 22.4 Å². The lowest BCUT2D eigenvalue weighted by molar-refractivity contribution is 0.0526. The Morgan fingerprint density at radius 3 is 2.83 bits per heavy atom. The molecule has 0 bridgehead atoms. The van der Waals surface area contributed by atoms with Crippen molar-refractivity contribution in [2.24, 2.45) is 0 Å². The van der Waals surface area contributed by atoms with Gasteiger partial charge in [0.05, 0.1) is 17.0 Å². The molecule has 1 fully saturated rings. The third-order valence-corrected chi connectivity index (χ3v) is 7.52. The number of sulfonamides is 1. The Labute approximate surface area is 172 Å². The van der Waals surface area contributed by atoms with Crippen molar-refractivity contribution >= 4 is 33.0 Å². The zero-order valence-electron chi connectivity index (χ0n) is 15.6. The molecule has 0 atom stereocenters. The summed E-state index contributed by atoms with van der Waals surface area (Å²) in [6.45, 7) is 1.95. The molecule has 8 nitrogen and oxygen atoms in total. The Bertz CT molecular complexity index is 1130. The Kier molecular flexibility index (Phi) is 5.37. The fraction of sp³-hybridized carbons (Fsp3) is 0.316. The Morgan fingerprint density at radius 2 is 2.10 bits per heavy atom. The highest BCUT2D eigenvalue weighted by atomic mass is 32.2. The molecule has 0 radical (unpaired) electrons. The van der Waals surface area contributed by atoms with E-state index in [4.69, 9.17) is 9.15 Å². The van der Waals surface area contributed by atoms with Crippen LogP contribution in [-0.2, 0) is 14.8 Å². The smallest absolute Gasteiger partial charge is 0.338 e. The summed E-state index contributed by atoms with van der Waals surface area (Å²) in [5.74, 6) is 0.735. The summed E-state index contributed by atoms with van der Waals surface area (Å²) in [7, 11) is -3.83. The van der Waals surface area contributed by atoms with E-state index < -0.39 is 16.0 Å². The van der Waals surface area contributed by atoms with E-state index in [1.807, 2.05) is 0 Å². The van der Waals surface area contributed by atoms with Crippen molar-refractivity contribution in [1.29, 1.82) is 0 Å². The maximum absolute atomic E-state index is 12.7. The van der Waals surface area contributed by atoms with Gasteiger partial charge in [0.2, 0.25) is 5.89 Å². The fourth-order valence-electron chi connectivity index (χ4n) is 2.86. The molecule has 1 saturated carbocycles. The zero-order valence-corrected chi connectivity index (χ0v) is 17.3. The lowest BCUT2D eigenvalue weighted by Gasteiger charge is -2.20. The second-order valence-electron chi connectivity index (χ2n) is 6.60. The highest BCUT2D eigenvalue weighted by Gasteiger charge is 2.26. The molecule has 1 aliphatic rings. The highest BCUT2D eigenvalue weighted by molar-refractivity contribution is 7.94. The van der Waals surface area contributed by atoms with Gasteiger partial charge in [0.25, 0.3) is 15.9 Å². The standard InChI is InChI=1S/C19H19N3O5S2/c1-2-26-19(23)13-7-4-8-14(11-13)22-29(24,25)16-10-9-15(28-16)18-21-20-17(27-18)12-5-3-6-12/h4,7-12,22H,2-3,5-6H2,1H3. The number of carbonyl (C=O) groups is 1. The zero-order chi connectivity index (χ0) is 20.4. The molecule has 0 saturated heterocycles. The third kappa shape index (κ3) is 4.18. The number of esters is 1. The van der Waals surface area contributed by atoms with Gasteiger partial charge in [-0.3, -0.25) is 4.72 Å². The highest BCUT2D eigenvalue weighted by Crippen LogP contribution is 2.38. The first-order valence-corrected chi connectivity index (χ1v) is 11.5. The minimum atomic E-state index is -3.83. The first-order chi connectivity index (χ1) is 14.0. The van der Waals surface area contributed by atoms with E-state index in [2.05, 4.69) is 14.9 Å². The van der Waals surface area contributed by atoms with Crippen LogP contribution < -0.4 is 4.72 Å². The summed E-state index contributed by atoms with van der Waals surface area (Å²) < 4.78 is 38.7. The Morgan fingerprint density at radius 1 is 1.28 bits per heavy atom. The number of anilines is 1. The molecule has 0 amide bonds. The molecule has 1 aromatic carbocycles. The van der Waals surface area contributed by atoms with Gasteiger partial charge in [-0.25, -0.2) is 13.2 Å². The second-order valence-corrected chi connectivity index (χ2v) is 9.59. The predicted octanol–water partition coefficient (Wildman–Crippen LogP) is 4.04. The van der Waals surface area contributed by atoms with Gasteiger partial charge in [0.15, 0.2) is 0 Å². The average molecular weight is 434 g/mol. The molecule has 10 heteroatoms. The summed E-state index contributed by atoms with van der Waals surface area (Å²) in [5.41, 5.74) is 0.545. The molecule has 0 spiro atoms. The number of rotatable bonds is 7. The first-order valence-electron chi connectivity index (χ1n) is 9.20. The van der Waals surface area contributed by atoms with Gasteiger partial charge in [0, 0.05) is 11.6 Å². The third-order valence-electron chi connectivity index (χ3n) is 4.58. The summed E-state index contributed by atoms with van der Waals surface area (Å²) >= 11 is 1.04. The van der Waals surface area contributed by atoms with Crippen LogP contribution in [0.3, 0.4) is 0 Å². The average Bonchev–Trinajstić information content (AvgIpc) is 3.30. The van der Waals surface area contributed by atoms with Gasteiger partial charge in [0.1, 0.15) is 4.21 Å². The van der Waals surface area contributed by atoms with Crippen LogP contribution in [0.2, 0.25) is 0 Å². The Balaban J connectivity index is 1.52. The molecule has 1 N–H and O–H groups in total. The SMILES string of the molecule is CCOC(=O)c1cccc(NS(=O)(=O)c2ccc(-c3nnc(C4CCC4)o3)s2)c1. The number of nitrogens with zero attached hydrogens (tertiary/aromatic N) is 2. The van der Waals surface area contributed by atoms with Crippen molar-refractivity contribution in [1.82, 2.24) is 10.2 Å². The van der Waals surface area contributed by atoms with E-state index in [1.54, 1.807) is 31.2 Å². The molecule has 3 aromatic rings. The number of thiophene rings is 1. The van der Waals surface area contributed by atoms with Gasteiger partial charge < -0.3 is 9.15 Å². The van der Waals surface area contributed by atoms with E-state index in [9.17, 15) is 13.2 Å². The number of hydrogen-bond acceptors (Lipinski definition) is 8. The molecular formula is C19H19N3O5S2. The van der Waals surface area contributed by atoms with Crippen LogP contribution in [0.5, 0.6) is 0 Å². The molecule has 2 heterocycles. The normalized spacial score (nSPS) is 14.4. The molecule has 4 rings (SSSR count). The van der Waals surface area contributed by atoms with Crippen molar-refractivity contribution in [3.8, 4) is 10.8 Å². The van der Waals surface area contributed by atoms with E-state index >= 15 is 0 Å². The maximum Gasteiger partial charge on any atom is 0.338 e. The number of nitrogens with one attached hydrogen (secondary N) is 1. The van der Waals surface area contributed by atoms with Gasteiger partial charge in [-0.05, 0) is 50.1 Å².